The number of carbonyl (C=O) groups is 1. The lowest BCUT2D eigenvalue weighted by molar-refractivity contribution is -0.135. The van der Waals surface area contributed by atoms with Crippen LogP contribution in [-0.2, 0) is 24.8 Å². The summed E-state index contributed by atoms with van der Waals surface area (Å²) in [4.78, 5) is 17.2. The summed E-state index contributed by atoms with van der Waals surface area (Å²) in [6.07, 6.45) is 4.49. The lowest BCUT2D eigenvalue weighted by Crippen LogP contribution is -2.38. The number of amides is 1. The lowest BCUT2D eigenvalue weighted by Gasteiger charge is -2.35. The maximum absolute atomic E-state index is 13.0. The Morgan fingerprint density at radius 3 is 2.68 bits per heavy atom. The number of nitrogens with zero attached hydrogens (tertiary/aromatic N) is 4. The predicted octanol–water partition coefficient (Wildman–Crippen LogP) is 3.18. The van der Waals surface area contributed by atoms with Crippen LogP contribution in [0.15, 0.2) is 30.3 Å². The number of methoxy groups -OCH3 is 1. The maximum Gasteiger partial charge on any atom is 0.223 e. The molecule has 1 aromatic carbocycles. The molecule has 0 radical (unpaired) electrons. The second-order valence-corrected chi connectivity index (χ2v) is 7.87. The third kappa shape index (κ3) is 4.93. The van der Waals surface area contributed by atoms with E-state index in [0.29, 0.717) is 6.42 Å². The van der Waals surface area contributed by atoms with Crippen molar-refractivity contribution in [2.24, 2.45) is 7.05 Å². The number of piperidine rings is 1. The lowest BCUT2D eigenvalue weighted by atomic mass is 9.98. The molecule has 1 aromatic heterocycles. The van der Waals surface area contributed by atoms with E-state index in [-0.39, 0.29) is 11.9 Å². The standard InChI is InChI=1S/C22H32N4O2/c1-24(2)16-18-15-20(23-25(18)3)21-7-5-6-14-26(21)22(27)13-10-17-8-11-19(28-4)12-9-17/h8-9,11-12,15,21H,5-7,10,13-14,16H2,1-4H3/t21-/m0/s1. The van der Waals surface area contributed by atoms with Gasteiger partial charge in [-0.2, -0.15) is 5.10 Å². The van der Waals surface area contributed by atoms with Crippen LogP contribution in [0.4, 0.5) is 0 Å². The van der Waals surface area contributed by atoms with Gasteiger partial charge in [-0.15, -0.1) is 0 Å². The molecule has 2 heterocycles. The zero-order valence-electron chi connectivity index (χ0n) is 17.5. The topological polar surface area (TPSA) is 50.6 Å². The van der Waals surface area contributed by atoms with Gasteiger partial charge in [0, 0.05) is 26.6 Å². The van der Waals surface area contributed by atoms with Gasteiger partial charge in [0.2, 0.25) is 5.91 Å². The minimum atomic E-state index is 0.0965. The van der Waals surface area contributed by atoms with E-state index in [1.165, 1.54) is 5.69 Å². The number of benzene rings is 1. The van der Waals surface area contributed by atoms with Gasteiger partial charge in [0.05, 0.1) is 24.5 Å². The Bertz CT molecular complexity index is 782. The van der Waals surface area contributed by atoms with Crippen LogP contribution in [0.25, 0.3) is 0 Å². The fourth-order valence-corrected chi connectivity index (χ4v) is 3.89. The monoisotopic (exact) mass is 384 g/mol. The number of rotatable bonds is 7. The first-order chi connectivity index (χ1) is 13.5. The first-order valence-electron chi connectivity index (χ1n) is 10.1. The average Bonchev–Trinajstić information content (AvgIpc) is 3.06. The van der Waals surface area contributed by atoms with Crippen molar-refractivity contribution in [3.63, 3.8) is 0 Å². The number of hydrogen-bond donors (Lipinski definition) is 0. The van der Waals surface area contributed by atoms with Crippen LogP contribution < -0.4 is 4.74 Å². The summed E-state index contributed by atoms with van der Waals surface area (Å²) in [7, 11) is 7.77. The largest absolute Gasteiger partial charge is 0.497 e. The average molecular weight is 385 g/mol. The Kier molecular flexibility index (Phi) is 6.73. The van der Waals surface area contributed by atoms with E-state index in [1.807, 2.05) is 36.0 Å². The first-order valence-corrected chi connectivity index (χ1v) is 10.1. The minimum Gasteiger partial charge on any atom is -0.497 e. The minimum absolute atomic E-state index is 0.0965. The molecule has 1 aliphatic heterocycles. The number of carbonyl (C=O) groups excluding carboxylic acids is 1. The van der Waals surface area contributed by atoms with Crippen molar-refractivity contribution < 1.29 is 9.53 Å². The maximum atomic E-state index is 13.0. The third-order valence-corrected chi connectivity index (χ3v) is 5.42. The van der Waals surface area contributed by atoms with Crippen molar-refractivity contribution >= 4 is 5.91 Å². The van der Waals surface area contributed by atoms with Crippen molar-refractivity contribution in [3.8, 4) is 5.75 Å². The zero-order chi connectivity index (χ0) is 20.1. The van der Waals surface area contributed by atoms with E-state index in [1.54, 1.807) is 7.11 Å². The molecule has 0 aliphatic carbocycles. The Balaban J connectivity index is 1.67. The van der Waals surface area contributed by atoms with Gasteiger partial charge in [0.1, 0.15) is 5.75 Å². The number of likely N-dealkylation sites (tertiary alicyclic amines) is 1. The van der Waals surface area contributed by atoms with Crippen LogP contribution in [0.3, 0.4) is 0 Å². The second-order valence-electron chi connectivity index (χ2n) is 7.87. The van der Waals surface area contributed by atoms with Crippen molar-refractivity contribution in [1.82, 2.24) is 19.6 Å². The van der Waals surface area contributed by atoms with Gasteiger partial charge < -0.3 is 14.5 Å². The summed E-state index contributed by atoms with van der Waals surface area (Å²) in [5, 5.41) is 4.74. The van der Waals surface area contributed by atoms with Crippen LogP contribution in [0.2, 0.25) is 0 Å². The van der Waals surface area contributed by atoms with Gasteiger partial charge in [0.15, 0.2) is 0 Å². The Labute approximate surface area is 168 Å². The van der Waals surface area contributed by atoms with Crippen molar-refractivity contribution in [2.45, 2.75) is 44.7 Å². The van der Waals surface area contributed by atoms with Crippen LogP contribution >= 0.6 is 0 Å². The Morgan fingerprint density at radius 2 is 2.00 bits per heavy atom. The highest BCUT2D eigenvalue weighted by molar-refractivity contribution is 5.77. The number of ether oxygens (including phenoxy) is 1. The van der Waals surface area contributed by atoms with Crippen LogP contribution in [0, 0.1) is 0 Å². The summed E-state index contributed by atoms with van der Waals surface area (Å²) in [5.41, 5.74) is 3.36. The van der Waals surface area contributed by atoms with Gasteiger partial charge in [-0.05, 0) is 63.5 Å². The smallest absolute Gasteiger partial charge is 0.223 e. The van der Waals surface area contributed by atoms with E-state index < -0.39 is 0 Å². The van der Waals surface area contributed by atoms with E-state index in [9.17, 15) is 4.79 Å². The molecular formula is C22H32N4O2. The fraction of sp³-hybridized carbons (Fsp3) is 0.545. The van der Waals surface area contributed by atoms with E-state index in [0.717, 1.165) is 55.8 Å². The molecule has 0 unspecified atom stereocenters. The molecule has 0 bridgehead atoms. The molecule has 1 saturated heterocycles. The molecule has 0 N–H and O–H groups in total. The second kappa shape index (κ2) is 9.24. The molecule has 6 nitrogen and oxygen atoms in total. The summed E-state index contributed by atoms with van der Waals surface area (Å²) in [6.45, 7) is 1.67. The molecule has 28 heavy (non-hydrogen) atoms. The molecule has 1 aliphatic rings. The molecule has 152 valence electrons. The predicted molar refractivity (Wildman–Crippen MR) is 110 cm³/mol. The highest BCUT2D eigenvalue weighted by Crippen LogP contribution is 2.31. The molecule has 1 amide bonds. The quantitative estimate of drug-likeness (QED) is 0.736. The first kappa shape index (κ1) is 20.4. The van der Waals surface area contributed by atoms with Gasteiger partial charge >= 0.3 is 0 Å². The fourth-order valence-electron chi connectivity index (χ4n) is 3.89. The molecular weight excluding hydrogens is 352 g/mol. The summed E-state index contributed by atoms with van der Waals surface area (Å²) >= 11 is 0. The highest BCUT2D eigenvalue weighted by Gasteiger charge is 2.29. The van der Waals surface area contributed by atoms with Crippen molar-refractivity contribution in [1.29, 1.82) is 0 Å². The van der Waals surface area contributed by atoms with Gasteiger partial charge in [0.25, 0.3) is 0 Å². The van der Waals surface area contributed by atoms with Gasteiger partial charge in [-0.3, -0.25) is 9.48 Å². The molecule has 0 saturated carbocycles. The molecule has 1 atom stereocenters. The molecule has 2 aromatic rings. The highest BCUT2D eigenvalue weighted by atomic mass is 16.5. The SMILES string of the molecule is COc1ccc(CCC(=O)N2CCCC[C@H]2c2cc(CN(C)C)n(C)n2)cc1. The summed E-state index contributed by atoms with van der Waals surface area (Å²) < 4.78 is 7.15. The molecule has 3 rings (SSSR count). The zero-order valence-corrected chi connectivity index (χ0v) is 17.5. The van der Waals surface area contributed by atoms with Crippen LogP contribution in [0.1, 0.15) is 48.7 Å². The van der Waals surface area contributed by atoms with Crippen molar-refractivity contribution in [3.05, 3.63) is 47.3 Å². The number of aryl methyl sites for hydroxylation is 2. The molecule has 1 fully saturated rings. The summed E-state index contributed by atoms with van der Waals surface area (Å²) in [6, 6.07) is 10.2. The Morgan fingerprint density at radius 1 is 1.25 bits per heavy atom. The van der Waals surface area contributed by atoms with Crippen LogP contribution in [0.5, 0.6) is 5.75 Å². The van der Waals surface area contributed by atoms with E-state index in [2.05, 4.69) is 30.0 Å². The van der Waals surface area contributed by atoms with Crippen LogP contribution in [-0.4, -0.2) is 53.2 Å². The molecule has 6 heteroatoms. The van der Waals surface area contributed by atoms with Gasteiger partial charge in [-0.1, -0.05) is 12.1 Å². The van der Waals surface area contributed by atoms with E-state index >= 15 is 0 Å². The normalized spacial score (nSPS) is 17.2. The third-order valence-electron chi connectivity index (χ3n) is 5.42. The van der Waals surface area contributed by atoms with E-state index in [4.69, 9.17) is 9.84 Å². The van der Waals surface area contributed by atoms with Crippen molar-refractivity contribution in [2.75, 3.05) is 27.7 Å². The molecule has 0 spiro atoms. The number of aromatic nitrogens is 2. The number of hydrogen-bond acceptors (Lipinski definition) is 4. The Hall–Kier alpha value is -2.34. The van der Waals surface area contributed by atoms with Gasteiger partial charge in [-0.25, -0.2) is 0 Å². The summed E-state index contributed by atoms with van der Waals surface area (Å²) in [5.74, 6) is 1.06.